The maximum absolute atomic E-state index is 13.1. The van der Waals surface area contributed by atoms with Gasteiger partial charge in [0.25, 0.3) is 5.91 Å². The molecule has 0 aliphatic carbocycles. The van der Waals surface area contributed by atoms with Crippen LogP contribution in [0.3, 0.4) is 0 Å². The normalized spacial score (nSPS) is 11.5. The summed E-state index contributed by atoms with van der Waals surface area (Å²) in [5, 5.41) is 0. The molecule has 0 saturated heterocycles. The molecule has 0 aliphatic rings. The van der Waals surface area contributed by atoms with E-state index in [1.165, 1.54) is 18.4 Å². The summed E-state index contributed by atoms with van der Waals surface area (Å²) in [6.07, 6.45) is 0. The molecule has 6 nitrogen and oxygen atoms in total. The van der Waals surface area contributed by atoms with Gasteiger partial charge < -0.3 is 14.0 Å². The number of ether oxygens (including phenoxy) is 2. The molecule has 4 aromatic rings. The third kappa shape index (κ3) is 4.57. The van der Waals surface area contributed by atoms with E-state index in [9.17, 15) is 9.59 Å². The average molecular weight is 433 g/mol. The van der Waals surface area contributed by atoms with Crippen LogP contribution in [-0.4, -0.2) is 23.6 Å². The molecule has 0 N–H and O–H groups in total. The number of hydrogen-bond donors (Lipinski definition) is 0. The van der Waals surface area contributed by atoms with Gasteiger partial charge in [0, 0.05) is 0 Å². The van der Waals surface area contributed by atoms with Gasteiger partial charge in [-0.25, -0.2) is 0 Å². The maximum atomic E-state index is 13.1. The lowest BCUT2D eigenvalue weighted by Gasteiger charge is -2.08. The summed E-state index contributed by atoms with van der Waals surface area (Å²) in [5.74, 6) is 0.176. The quantitative estimate of drug-likeness (QED) is 0.428. The number of esters is 1. The van der Waals surface area contributed by atoms with Gasteiger partial charge in [-0.15, -0.1) is 0 Å². The second-order valence-corrected chi connectivity index (χ2v) is 7.86. The van der Waals surface area contributed by atoms with Crippen molar-refractivity contribution >= 4 is 33.4 Å². The SMILES string of the molecule is COC(=O)Cn1c(=NC(=O)c2ccccc2Oc2ccccc2)sc2cc(C)ccc21. The molecular formula is C24H20N2O4S. The van der Waals surface area contributed by atoms with Crippen LogP contribution < -0.4 is 9.54 Å². The van der Waals surface area contributed by atoms with Crippen LogP contribution in [-0.2, 0) is 16.1 Å². The summed E-state index contributed by atoms with van der Waals surface area (Å²) in [6, 6.07) is 22.1. The molecule has 1 amide bonds. The van der Waals surface area contributed by atoms with Crippen molar-refractivity contribution in [3.8, 4) is 11.5 Å². The molecule has 1 heterocycles. The van der Waals surface area contributed by atoms with Crippen LogP contribution >= 0.6 is 11.3 Å². The Morgan fingerprint density at radius 3 is 2.52 bits per heavy atom. The number of fused-ring (bicyclic) bond motifs is 1. The average Bonchev–Trinajstić information content (AvgIpc) is 3.10. The van der Waals surface area contributed by atoms with Gasteiger partial charge in [0.2, 0.25) is 0 Å². The second kappa shape index (κ2) is 8.97. The van der Waals surface area contributed by atoms with Crippen molar-refractivity contribution in [2.24, 2.45) is 4.99 Å². The van der Waals surface area contributed by atoms with Crippen molar-refractivity contribution < 1.29 is 19.1 Å². The van der Waals surface area contributed by atoms with Crippen LogP contribution in [0.5, 0.6) is 11.5 Å². The Morgan fingerprint density at radius 1 is 1.00 bits per heavy atom. The van der Waals surface area contributed by atoms with Gasteiger partial charge in [-0.05, 0) is 48.9 Å². The van der Waals surface area contributed by atoms with Gasteiger partial charge >= 0.3 is 5.97 Å². The Morgan fingerprint density at radius 2 is 1.74 bits per heavy atom. The Kier molecular flexibility index (Phi) is 5.95. The maximum Gasteiger partial charge on any atom is 0.325 e. The number of nitrogens with zero attached hydrogens (tertiary/aromatic N) is 2. The zero-order valence-electron chi connectivity index (χ0n) is 17.1. The number of aryl methyl sites for hydroxylation is 1. The first kappa shape index (κ1) is 20.6. The molecule has 4 rings (SSSR count). The van der Waals surface area contributed by atoms with E-state index in [-0.39, 0.29) is 6.54 Å². The molecule has 0 saturated carbocycles. The smallest absolute Gasteiger partial charge is 0.325 e. The van der Waals surface area contributed by atoms with Crippen molar-refractivity contribution in [3.05, 3.63) is 88.7 Å². The summed E-state index contributed by atoms with van der Waals surface area (Å²) < 4.78 is 13.4. The Labute approximate surface area is 183 Å². The molecule has 0 radical (unpaired) electrons. The molecule has 7 heteroatoms. The Hall–Kier alpha value is -3.71. The fourth-order valence-electron chi connectivity index (χ4n) is 3.11. The van der Waals surface area contributed by atoms with Crippen molar-refractivity contribution in [1.29, 1.82) is 0 Å². The largest absolute Gasteiger partial charge is 0.468 e. The summed E-state index contributed by atoms with van der Waals surface area (Å²) >= 11 is 1.35. The zero-order chi connectivity index (χ0) is 21.8. The molecule has 156 valence electrons. The van der Waals surface area contributed by atoms with Gasteiger partial charge in [-0.3, -0.25) is 9.59 Å². The first-order valence-electron chi connectivity index (χ1n) is 9.63. The fourth-order valence-corrected chi connectivity index (χ4v) is 4.23. The van der Waals surface area contributed by atoms with Crippen LogP contribution in [0, 0.1) is 6.92 Å². The topological polar surface area (TPSA) is 69.9 Å². The number of methoxy groups -OCH3 is 1. The molecule has 0 fully saturated rings. The number of aromatic nitrogens is 1. The highest BCUT2D eigenvalue weighted by molar-refractivity contribution is 7.16. The number of para-hydroxylation sites is 2. The first-order valence-corrected chi connectivity index (χ1v) is 10.4. The van der Waals surface area contributed by atoms with E-state index < -0.39 is 11.9 Å². The van der Waals surface area contributed by atoms with Crippen molar-refractivity contribution in [2.45, 2.75) is 13.5 Å². The summed E-state index contributed by atoms with van der Waals surface area (Å²) in [4.78, 5) is 29.8. The highest BCUT2D eigenvalue weighted by Gasteiger charge is 2.15. The minimum absolute atomic E-state index is 0.0339. The van der Waals surface area contributed by atoms with Gasteiger partial charge in [-0.1, -0.05) is 47.7 Å². The molecule has 0 spiro atoms. The number of carbonyl (C=O) groups excluding carboxylic acids is 2. The van der Waals surface area contributed by atoms with E-state index >= 15 is 0 Å². The van der Waals surface area contributed by atoms with E-state index in [4.69, 9.17) is 9.47 Å². The predicted octanol–water partition coefficient (Wildman–Crippen LogP) is 4.72. The third-order valence-corrected chi connectivity index (χ3v) is 5.68. The Bertz CT molecular complexity index is 1320. The molecule has 0 bridgehead atoms. The summed E-state index contributed by atoms with van der Waals surface area (Å²) in [5.41, 5.74) is 2.24. The van der Waals surface area contributed by atoms with Crippen LogP contribution in [0.1, 0.15) is 15.9 Å². The lowest BCUT2D eigenvalue weighted by atomic mass is 10.2. The number of benzene rings is 3. The van der Waals surface area contributed by atoms with Gasteiger partial charge in [0.15, 0.2) is 4.80 Å². The predicted molar refractivity (Wildman–Crippen MR) is 119 cm³/mol. The van der Waals surface area contributed by atoms with Gasteiger partial charge in [0.05, 0.1) is 22.9 Å². The molecule has 31 heavy (non-hydrogen) atoms. The number of amides is 1. The minimum atomic E-state index is -0.451. The molecule has 0 unspecified atom stereocenters. The van der Waals surface area contributed by atoms with E-state index in [0.717, 1.165) is 15.8 Å². The number of hydrogen-bond acceptors (Lipinski definition) is 5. The zero-order valence-corrected chi connectivity index (χ0v) is 17.9. The minimum Gasteiger partial charge on any atom is -0.468 e. The molecule has 0 atom stereocenters. The lowest BCUT2D eigenvalue weighted by Crippen LogP contribution is -2.22. The van der Waals surface area contributed by atoms with E-state index in [1.807, 2.05) is 55.5 Å². The van der Waals surface area contributed by atoms with Crippen molar-refractivity contribution in [1.82, 2.24) is 4.57 Å². The lowest BCUT2D eigenvalue weighted by molar-refractivity contribution is -0.141. The van der Waals surface area contributed by atoms with Gasteiger partial charge in [0.1, 0.15) is 18.0 Å². The summed E-state index contributed by atoms with van der Waals surface area (Å²) in [7, 11) is 1.33. The van der Waals surface area contributed by atoms with Gasteiger partial charge in [-0.2, -0.15) is 4.99 Å². The van der Waals surface area contributed by atoms with E-state index in [1.54, 1.807) is 28.8 Å². The monoisotopic (exact) mass is 432 g/mol. The molecule has 3 aromatic carbocycles. The molecular weight excluding hydrogens is 412 g/mol. The van der Waals surface area contributed by atoms with Crippen LogP contribution in [0.15, 0.2) is 77.8 Å². The number of thiazole rings is 1. The van der Waals surface area contributed by atoms with E-state index in [2.05, 4.69) is 4.99 Å². The number of rotatable bonds is 5. The fraction of sp³-hybridized carbons (Fsp3) is 0.125. The molecule has 0 aliphatic heterocycles. The van der Waals surface area contributed by atoms with Crippen molar-refractivity contribution in [2.75, 3.05) is 7.11 Å². The Balaban J connectivity index is 1.78. The van der Waals surface area contributed by atoms with Crippen LogP contribution in [0.4, 0.5) is 0 Å². The highest BCUT2D eigenvalue weighted by atomic mass is 32.1. The number of carbonyl (C=O) groups is 2. The standard InChI is InChI=1S/C24H20N2O4S/c1-16-12-13-19-21(14-16)31-24(26(19)15-22(27)29-2)25-23(28)18-10-6-7-11-20(18)30-17-8-4-3-5-9-17/h3-14H,15H2,1-2H3. The highest BCUT2D eigenvalue weighted by Crippen LogP contribution is 2.26. The third-order valence-electron chi connectivity index (χ3n) is 4.64. The first-order chi connectivity index (χ1) is 15.0. The summed E-state index contributed by atoms with van der Waals surface area (Å²) in [6.45, 7) is 1.96. The second-order valence-electron chi connectivity index (χ2n) is 6.85. The van der Waals surface area contributed by atoms with Crippen LogP contribution in [0.2, 0.25) is 0 Å². The molecule has 1 aromatic heterocycles. The van der Waals surface area contributed by atoms with Crippen LogP contribution in [0.25, 0.3) is 10.2 Å². The van der Waals surface area contributed by atoms with E-state index in [0.29, 0.717) is 21.9 Å². The van der Waals surface area contributed by atoms with Crippen molar-refractivity contribution in [3.63, 3.8) is 0 Å².